The van der Waals surface area contributed by atoms with E-state index in [0.717, 1.165) is 25.7 Å². The maximum Gasteiger partial charge on any atom is 0.296 e. The number of quaternary nitrogens is 1. The van der Waals surface area contributed by atoms with Gasteiger partial charge in [-0.2, -0.15) is 4.99 Å². The molecule has 0 atom stereocenters. The molecule has 0 unspecified atom stereocenters. The Morgan fingerprint density at radius 2 is 2.21 bits per heavy atom. The predicted octanol–water partition coefficient (Wildman–Crippen LogP) is 1.08. The fraction of sp³-hybridized carbons (Fsp3) is 0.435. The monoisotopic (exact) mass is 471 g/mol. The lowest BCUT2D eigenvalue weighted by molar-refractivity contribution is -0.433. The number of aromatic hydroxyl groups is 1. The molecule has 180 valence electrons. The molecule has 0 saturated heterocycles. The molecule has 2 heterocycles. The second kappa shape index (κ2) is 9.82. The van der Waals surface area contributed by atoms with Crippen molar-refractivity contribution in [3.63, 3.8) is 0 Å². The van der Waals surface area contributed by atoms with Crippen LogP contribution in [0.5, 0.6) is 5.75 Å². The van der Waals surface area contributed by atoms with Gasteiger partial charge in [0.15, 0.2) is 12.0 Å². The van der Waals surface area contributed by atoms with Crippen molar-refractivity contribution >= 4 is 23.8 Å². The van der Waals surface area contributed by atoms with Crippen LogP contribution in [0.4, 0.5) is 10.1 Å². The standard InChI is InChI=1S/C23H27FN6O4/c1-14(25)27-13-28-17-10-16(24)5-4-15(17)11-26-20(32)18-19(31)21(33)30-8-9-34-12-23(22(30)29-18)6-2-3-7-23/h4-5,10,13,31H,2-3,6-9,11-12H2,1H3,(H,26,32)(H2,25,27,28)/p+1. The number of aromatic nitrogens is 2. The summed E-state index contributed by atoms with van der Waals surface area (Å²) in [7, 11) is 0. The summed E-state index contributed by atoms with van der Waals surface area (Å²) in [6.07, 6.45) is 4.94. The van der Waals surface area contributed by atoms with Gasteiger partial charge in [0.1, 0.15) is 23.2 Å². The molecule has 34 heavy (non-hydrogen) atoms. The van der Waals surface area contributed by atoms with Gasteiger partial charge in [0.25, 0.3) is 11.5 Å². The largest absolute Gasteiger partial charge is 0.501 e. The Kier molecular flexibility index (Phi) is 6.85. The molecule has 1 aliphatic carbocycles. The molecule has 2 aliphatic rings. The average Bonchev–Trinajstić information content (AvgIpc) is 3.20. The van der Waals surface area contributed by atoms with Crippen LogP contribution in [0.25, 0.3) is 0 Å². The minimum Gasteiger partial charge on any atom is -0.501 e. The minimum atomic E-state index is -0.699. The fourth-order valence-corrected chi connectivity index (χ4v) is 4.59. The smallest absolute Gasteiger partial charge is 0.296 e. The first kappa shape index (κ1) is 23.7. The molecule has 1 aromatic heterocycles. The number of ether oxygens (including phenoxy) is 1. The molecule has 1 amide bonds. The Balaban J connectivity index is 1.60. The third-order valence-corrected chi connectivity index (χ3v) is 6.30. The molecule has 10 nitrogen and oxygen atoms in total. The van der Waals surface area contributed by atoms with Gasteiger partial charge in [0, 0.05) is 18.2 Å². The van der Waals surface area contributed by atoms with Crippen molar-refractivity contribution in [1.82, 2.24) is 14.9 Å². The molecule has 5 N–H and O–H groups in total. The summed E-state index contributed by atoms with van der Waals surface area (Å²) >= 11 is 0. The summed E-state index contributed by atoms with van der Waals surface area (Å²) in [5, 5.41) is 22.1. The van der Waals surface area contributed by atoms with Crippen LogP contribution >= 0.6 is 0 Å². The number of benzene rings is 1. The first-order valence-electron chi connectivity index (χ1n) is 11.2. The number of fused-ring (bicyclic) bond motifs is 2. The lowest BCUT2D eigenvalue weighted by Gasteiger charge is -2.28. The van der Waals surface area contributed by atoms with Crippen molar-refractivity contribution < 1.29 is 24.3 Å². The molecule has 1 spiro atoms. The molecule has 4 rings (SSSR count). The van der Waals surface area contributed by atoms with Gasteiger partial charge >= 0.3 is 0 Å². The van der Waals surface area contributed by atoms with Crippen molar-refractivity contribution in [2.45, 2.75) is 51.1 Å². The SMILES string of the molecule is CC(=N)N=C[NH2+]c1cc(F)ccc1CNC(=O)c1nc2n(c(=O)c1O)CCOCC21CCCC1. The van der Waals surface area contributed by atoms with E-state index in [-0.39, 0.29) is 24.6 Å². The number of amidine groups is 1. The lowest BCUT2D eigenvalue weighted by Crippen LogP contribution is -2.76. The zero-order chi connectivity index (χ0) is 24.3. The van der Waals surface area contributed by atoms with E-state index in [1.54, 1.807) is 0 Å². The maximum atomic E-state index is 13.7. The van der Waals surface area contributed by atoms with Gasteiger partial charge in [-0.1, -0.05) is 12.8 Å². The third kappa shape index (κ3) is 4.75. The van der Waals surface area contributed by atoms with Crippen molar-refractivity contribution in [2.24, 2.45) is 4.99 Å². The molecule has 0 bridgehead atoms. The van der Waals surface area contributed by atoms with E-state index < -0.39 is 28.4 Å². The minimum absolute atomic E-state index is 0.0101. The van der Waals surface area contributed by atoms with E-state index in [2.05, 4.69) is 15.3 Å². The Morgan fingerprint density at radius 1 is 1.44 bits per heavy atom. The summed E-state index contributed by atoms with van der Waals surface area (Å²) in [5.74, 6) is -1.26. The number of amides is 1. The molecule has 1 fully saturated rings. The zero-order valence-corrected chi connectivity index (χ0v) is 18.9. The molecule has 11 heteroatoms. The quantitative estimate of drug-likeness (QED) is 0.293. The van der Waals surface area contributed by atoms with Crippen LogP contribution in [-0.4, -0.2) is 46.0 Å². The second-order valence-electron chi connectivity index (χ2n) is 8.69. The zero-order valence-electron chi connectivity index (χ0n) is 18.9. The van der Waals surface area contributed by atoms with Gasteiger partial charge in [-0.05, 0) is 31.9 Å². The number of nitrogens with zero attached hydrogens (tertiary/aromatic N) is 3. The van der Waals surface area contributed by atoms with Crippen molar-refractivity contribution in [3.05, 3.63) is 51.5 Å². The highest BCUT2D eigenvalue weighted by Crippen LogP contribution is 2.41. The van der Waals surface area contributed by atoms with E-state index in [1.165, 1.54) is 41.3 Å². The molecular weight excluding hydrogens is 443 g/mol. The van der Waals surface area contributed by atoms with E-state index in [0.29, 0.717) is 30.3 Å². The fourth-order valence-electron chi connectivity index (χ4n) is 4.59. The van der Waals surface area contributed by atoms with E-state index in [9.17, 15) is 19.1 Å². The normalized spacial score (nSPS) is 17.0. The number of rotatable bonds is 5. The number of hydrogen-bond donors (Lipinski definition) is 4. The highest BCUT2D eigenvalue weighted by Gasteiger charge is 2.42. The number of nitrogens with one attached hydrogen (secondary N) is 2. The van der Waals surface area contributed by atoms with Crippen LogP contribution in [0, 0.1) is 11.2 Å². The topological polar surface area (TPSA) is 146 Å². The number of halogens is 1. The van der Waals surface area contributed by atoms with Crippen LogP contribution in [0.2, 0.25) is 0 Å². The molecule has 1 aromatic carbocycles. The molecule has 1 aliphatic heterocycles. The summed E-state index contributed by atoms with van der Waals surface area (Å²) < 4.78 is 20.9. The van der Waals surface area contributed by atoms with Gasteiger partial charge < -0.3 is 15.2 Å². The first-order chi connectivity index (χ1) is 16.3. The van der Waals surface area contributed by atoms with Crippen LogP contribution < -0.4 is 16.2 Å². The Hall–Kier alpha value is -3.44. The van der Waals surface area contributed by atoms with Gasteiger partial charge in [-0.15, -0.1) is 0 Å². The van der Waals surface area contributed by atoms with Crippen LogP contribution in [0.15, 0.2) is 28.0 Å². The first-order valence-corrected chi connectivity index (χ1v) is 11.2. The summed E-state index contributed by atoms with van der Waals surface area (Å²) in [4.78, 5) is 34.3. The van der Waals surface area contributed by atoms with Gasteiger partial charge in [0.2, 0.25) is 5.75 Å². The van der Waals surface area contributed by atoms with Crippen LogP contribution in [0.3, 0.4) is 0 Å². The van der Waals surface area contributed by atoms with Crippen molar-refractivity contribution in [3.8, 4) is 5.75 Å². The molecule has 0 radical (unpaired) electrons. The number of hydrogen-bond acceptors (Lipinski definition) is 6. The summed E-state index contributed by atoms with van der Waals surface area (Å²) in [6.45, 7) is 2.56. The maximum absolute atomic E-state index is 13.7. The van der Waals surface area contributed by atoms with Gasteiger partial charge in [0.05, 0.1) is 25.2 Å². The van der Waals surface area contributed by atoms with Crippen LogP contribution in [0.1, 0.15) is 54.5 Å². The number of carbonyl (C=O) groups excluding carboxylic acids is 1. The number of carbonyl (C=O) groups is 1. The average molecular weight is 472 g/mol. The highest BCUT2D eigenvalue weighted by atomic mass is 19.1. The third-order valence-electron chi connectivity index (χ3n) is 6.30. The van der Waals surface area contributed by atoms with E-state index in [1.807, 2.05) is 0 Å². The van der Waals surface area contributed by atoms with Crippen molar-refractivity contribution in [1.29, 1.82) is 5.41 Å². The lowest BCUT2D eigenvalue weighted by atomic mass is 9.86. The molecule has 2 aromatic rings. The summed E-state index contributed by atoms with van der Waals surface area (Å²) in [5.41, 5.74) is -0.342. The summed E-state index contributed by atoms with van der Waals surface area (Å²) in [6, 6.07) is 4.09. The molecule has 1 saturated carbocycles. The van der Waals surface area contributed by atoms with E-state index >= 15 is 0 Å². The second-order valence-corrected chi connectivity index (χ2v) is 8.69. The van der Waals surface area contributed by atoms with Crippen LogP contribution in [-0.2, 0) is 23.2 Å². The number of aliphatic imine (C=N–C) groups is 1. The van der Waals surface area contributed by atoms with Crippen molar-refractivity contribution in [2.75, 3.05) is 13.2 Å². The highest BCUT2D eigenvalue weighted by molar-refractivity contribution is 5.94. The Morgan fingerprint density at radius 3 is 2.94 bits per heavy atom. The number of nitrogens with two attached hydrogens (primary N) is 1. The van der Waals surface area contributed by atoms with Gasteiger partial charge in [-0.3, -0.25) is 24.9 Å². The predicted molar refractivity (Wildman–Crippen MR) is 122 cm³/mol. The van der Waals surface area contributed by atoms with E-state index in [4.69, 9.17) is 10.1 Å². The Labute approximate surface area is 195 Å². The van der Waals surface area contributed by atoms with Gasteiger partial charge in [-0.25, -0.2) is 9.37 Å². The molecular formula is C23H28FN6O4+. The Bertz CT molecular complexity index is 1200.